The van der Waals surface area contributed by atoms with Crippen molar-refractivity contribution < 1.29 is 24.1 Å². The Morgan fingerprint density at radius 2 is 1.80 bits per heavy atom. The van der Waals surface area contributed by atoms with Gasteiger partial charge in [-0.25, -0.2) is 0 Å². The summed E-state index contributed by atoms with van der Waals surface area (Å²) in [5.74, 6) is 1.81. The molecular weight excluding hydrogens is 384 g/mol. The third-order valence-corrected chi connectivity index (χ3v) is 5.60. The summed E-state index contributed by atoms with van der Waals surface area (Å²) in [7, 11) is 5.24. The van der Waals surface area contributed by atoms with E-state index in [9.17, 15) is 9.90 Å². The smallest absolute Gasteiger partial charge is 0.231 e. The number of ether oxygens (including phenoxy) is 3. The molecule has 0 atom stereocenters. The zero-order valence-corrected chi connectivity index (χ0v) is 17.5. The largest absolute Gasteiger partial charge is 0.507 e. The maximum Gasteiger partial charge on any atom is 0.231 e. The second-order valence-corrected chi connectivity index (χ2v) is 7.57. The lowest BCUT2D eigenvalue weighted by Gasteiger charge is -2.32. The zero-order valence-electron chi connectivity index (χ0n) is 17.5. The highest BCUT2D eigenvalue weighted by molar-refractivity contribution is 6.15. The number of carbonyl (C=O) groups excluding carboxylic acids is 1. The molecule has 0 bridgehead atoms. The van der Waals surface area contributed by atoms with Crippen molar-refractivity contribution in [1.29, 1.82) is 0 Å². The Morgan fingerprint density at radius 3 is 2.50 bits per heavy atom. The molecule has 0 radical (unpaired) electrons. The minimum absolute atomic E-state index is 0.146. The topological polar surface area (TPSA) is 71.5 Å². The molecule has 1 N–H and O–H groups in total. The molecule has 1 saturated heterocycles. The number of methoxy groups -OCH3 is 2. The van der Waals surface area contributed by atoms with Crippen LogP contribution in [0.4, 0.5) is 0 Å². The predicted octanol–water partition coefficient (Wildman–Crippen LogP) is 2.77. The van der Waals surface area contributed by atoms with Crippen molar-refractivity contribution >= 4 is 11.9 Å². The molecule has 2 aliphatic heterocycles. The number of phenolic OH excluding ortho intramolecular Hbond substituents is 1. The summed E-state index contributed by atoms with van der Waals surface area (Å²) in [5.41, 5.74) is 1.89. The number of rotatable bonds is 5. The summed E-state index contributed by atoms with van der Waals surface area (Å²) >= 11 is 0. The molecule has 1 fully saturated rings. The fourth-order valence-electron chi connectivity index (χ4n) is 3.77. The van der Waals surface area contributed by atoms with E-state index in [2.05, 4.69) is 16.8 Å². The molecule has 0 saturated carbocycles. The SMILES string of the molecule is COc1ccc(/C=C2/Oc3c(ccc(O)c3CN3CCN(C)CC3)C2=O)cc1OC. The predicted molar refractivity (Wildman–Crippen MR) is 113 cm³/mol. The fraction of sp³-hybridized carbons (Fsp3) is 0.348. The van der Waals surface area contributed by atoms with E-state index in [1.54, 1.807) is 44.6 Å². The van der Waals surface area contributed by atoms with E-state index >= 15 is 0 Å². The average molecular weight is 410 g/mol. The highest BCUT2D eigenvalue weighted by Gasteiger charge is 2.32. The van der Waals surface area contributed by atoms with Crippen LogP contribution in [0.2, 0.25) is 0 Å². The Balaban J connectivity index is 1.62. The highest BCUT2D eigenvalue weighted by atomic mass is 16.5. The van der Waals surface area contributed by atoms with Gasteiger partial charge in [-0.3, -0.25) is 9.69 Å². The first-order chi connectivity index (χ1) is 14.5. The van der Waals surface area contributed by atoms with E-state index in [-0.39, 0.29) is 17.3 Å². The minimum Gasteiger partial charge on any atom is -0.507 e. The zero-order chi connectivity index (χ0) is 21.3. The highest BCUT2D eigenvalue weighted by Crippen LogP contribution is 2.40. The Morgan fingerprint density at radius 1 is 1.07 bits per heavy atom. The second kappa shape index (κ2) is 8.38. The molecule has 2 aliphatic rings. The first-order valence-corrected chi connectivity index (χ1v) is 9.92. The van der Waals surface area contributed by atoms with Crippen LogP contribution in [-0.4, -0.2) is 68.1 Å². The van der Waals surface area contributed by atoms with Crippen LogP contribution in [-0.2, 0) is 6.54 Å². The van der Waals surface area contributed by atoms with Gasteiger partial charge < -0.3 is 24.2 Å². The number of piperazine rings is 1. The van der Waals surface area contributed by atoms with Crippen LogP contribution in [0.25, 0.3) is 6.08 Å². The normalized spacial score (nSPS) is 18.4. The van der Waals surface area contributed by atoms with Gasteiger partial charge in [-0.2, -0.15) is 0 Å². The Kier molecular flexibility index (Phi) is 5.65. The lowest BCUT2D eigenvalue weighted by atomic mass is 10.0. The monoisotopic (exact) mass is 410 g/mol. The van der Waals surface area contributed by atoms with Crippen LogP contribution >= 0.6 is 0 Å². The maximum absolute atomic E-state index is 12.9. The number of benzene rings is 2. The van der Waals surface area contributed by atoms with Gasteiger partial charge in [0.15, 0.2) is 17.3 Å². The lowest BCUT2D eigenvalue weighted by molar-refractivity contribution is 0.101. The Hall–Kier alpha value is -3.03. The van der Waals surface area contributed by atoms with E-state index in [4.69, 9.17) is 14.2 Å². The number of allylic oxidation sites excluding steroid dienone is 1. The van der Waals surface area contributed by atoms with E-state index in [0.29, 0.717) is 34.9 Å². The number of hydrogen-bond acceptors (Lipinski definition) is 7. The summed E-state index contributed by atoms with van der Waals surface area (Å²) in [6.07, 6.45) is 1.68. The molecule has 0 aromatic heterocycles. The molecular formula is C23H26N2O5. The fourth-order valence-corrected chi connectivity index (χ4v) is 3.77. The Labute approximate surface area is 176 Å². The van der Waals surface area contributed by atoms with Crippen LogP contribution in [0.3, 0.4) is 0 Å². The van der Waals surface area contributed by atoms with Crippen LogP contribution in [0, 0.1) is 0 Å². The molecule has 158 valence electrons. The molecule has 0 aliphatic carbocycles. The van der Waals surface area contributed by atoms with Gasteiger partial charge >= 0.3 is 0 Å². The maximum atomic E-state index is 12.9. The molecule has 2 aromatic rings. The molecule has 7 nitrogen and oxygen atoms in total. The molecule has 0 spiro atoms. The average Bonchev–Trinajstić information content (AvgIpc) is 3.07. The van der Waals surface area contributed by atoms with Crippen molar-refractivity contribution in [3.63, 3.8) is 0 Å². The summed E-state index contributed by atoms with van der Waals surface area (Å²) in [6.45, 7) is 4.30. The molecule has 7 heteroatoms. The van der Waals surface area contributed by atoms with Crippen LogP contribution in [0.5, 0.6) is 23.0 Å². The van der Waals surface area contributed by atoms with Gasteiger partial charge in [0.25, 0.3) is 0 Å². The number of aromatic hydroxyl groups is 1. The van der Waals surface area contributed by atoms with Crippen LogP contribution in [0.1, 0.15) is 21.5 Å². The number of carbonyl (C=O) groups is 1. The van der Waals surface area contributed by atoms with Crippen molar-refractivity contribution in [3.8, 4) is 23.0 Å². The van der Waals surface area contributed by atoms with Gasteiger partial charge in [0, 0.05) is 32.7 Å². The van der Waals surface area contributed by atoms with Crippen molar-refractivity contribution in [2.45, 2.75) is 6.54 Å². The molecule has 2 heterocycles. The van der Waals surface area contributed by atoms with Gasteiger partial charge in [-0.15, -0.1) is 0 Å². The van der Waals surface area contributed by atoms with Crippen LogP contribution < -0.4 is 14.2 Å². The second-order valence-electron chi connectivity index (χ2n) is 7.57. The molecule has 4 rings (SSSR count). The summed E-state index contributed by atoms with van der Waals surface area (Å²) in [5, 5.41) is 10.5. The van der Waals surface area contributed by atoms with Crippen molar-refractivity contribution in [1.82, 2.24) is 9.80 Å². The van der Waals surface area contributed by atoms with Gasteiger partial charge in [-0.05, 0) is 43.0 Å². The van der Waals surface area contributed by atoms with Crippen molar-refractivity contribution in [2.75, 3.05) is 47.4 Å². The van der Waals surface area contributed by atoms with Gasteiger partial charge in [0.1, 0.15) is 11.5 Å². The van der Waals surface area contributed by atoms with Gasteiger partial charge in [0.05, 0.1) is 25.3 Å². The third-order valence-electron chi connectivity index (χ3n) is 5.60. The summed E-state index contributed by atoms with van der Waals surface area (Å²) < 4.78 is 16.6. The van der Waals surface area contributed by atoms with Crippen molar-refractivity contribution in [3.05, 3.63) is 52.8 Å². The summed E-state index contributed by atoms with van der Waals surface area (Å²) in [4.78, 5) is 17.5. The van der Waals surface area contributed by atoms with Crippen molar-refractivity contribution in [2.24, 2.45) is 0 Å². The first-order valence-electron chi connectivity index (χ1n) is 9.92. The number of phenols is 1. The Bertz CT molecular complexity index is 993. The number of ketones is 1. The lowest BCUT2D eigenvalue weighted by Crippen LogP contribution is -2.43. The molecule has 2 aromatic carbocycles. The van der Waals surface area contributed by atoms with Gasteiger partial charge in [0.2, 0.25) is 5.78 Å². The third kappa shape index (κ3) is 3.86. The van der Waals surface area contributed by atoms with E-state index in [1.165, 1.54) is 0 Å². The number of likely N-dealkylation sites (N-methyl/N-ethyl adjacent to an activating group) is 1. The van der Waals surface area contributed by atoms with E-state index in [1.807, 2.05) is 6.07 Å². The standard InChI is InChI=1S/C23H26N2O5/c1-24-8-10-25(11-9-24)14-17-18(26)6-5-16-22(27)21(30-23(16)17)13-15-4-7-19(28-2)20(12-15)29-3/h4-7,12-13,26H,8-11,14H2,1-3H3/b21-13+. The van der Waals surface area contributed by atoms with E-state index in [0.717, 1.165) is 31.7 Å². The molecule has 0 unspecified atom stereocenters. The number of fused-ring (bicyclic) bond motifs is 1. The summed E-state index contributed by atoms with van der Waals surface area (Å²) in [6, 6.07) is 8.59. The molecule has 30 heavy (non-hydrogen) atoms. The quantitative estimate of drug-likeness (QED) is 0.760. The number of hydrogen-bond donors (Lipinski definition) is 1. The first kappa shape index (κ1) is 20.3. The number of Topliss-reactive ketones (excluding diaryl/α,β-unsaturated/α-hetero) is 1. The number of nitrogens with zero attached hydrogens (tertiary/aromatic N) is 2. The minimum atomic E-state index is -0.195. The van der Waals surface area contributed by atoms with E-state index < -0.39 is 0 Å². The van der Waals surface area contributed by atoms with Crippen LogP contribution in [0.15, 0.2) is 36.1 Å². The molecule has 0 amide bonds. The van der Waals surface area contributed by atoms with Gasteiger partial charge in [-0.1, -0.05) is 6.07 Å².